The van der Waals surface area contributed by atoms with Gasteiger partial charge in [-0.2, -0.15) is 0 Å². The van der Waals surface area contributed by atoms with E-state index in [2.05, 4.69) is 51.8 Å². The summed E-state index contributed by atoms with van der Waals surface area (Å²) in [5.41, 5.74) is 2.75. The molecule has 5 rings (SSSR count). The minimum absolute atomic E-state index is 0.0406. The van der Waals surface area contributed by atoms with E-state index in [0.29, 0.717) is 43.9 Å². The van der Waals surface area contributed by atoms with Crippen molar-refractivity contribution in [2.45, 2.75) is 75.8 Å². The number of likely N-dealkylation sites (tertiary alicyclic amines) is 1. The molecule has 1 aromatic heterocycles. The molecule has 0 spiro atoms. The highest BCUT2D eigenvalue weighted by molar-refractivity contribution is 5.96. The predicted molar refractivity (Wildman–Crippen MR) is 152 cm³/mol. The molecule has 10 heteroatoms. The molecule has 10 nitrogen and oxygen atoms in total. The van der Waals surface area contributed by atoms with E-state index in [1.54, 1.807) is 14.2 Å². The zero-order chi connectivity index (χ0) is 27.9. The van der Waals surface area contributed by atoms with Gasteiger partial charge in [-0.1, -0.05) is 29.8 Å². The molecule has 2 aromatic rings. The van der Waals surface area contributed by atoms with Crippen molar-refractivity contribution in [2.24, 2.45) is 0 Å². The molecule has 3 fully saturated rings. The van der Waals surface area contributed by atoms with E-state index < -0.39 is 0 Å². The van der Waals surface area contributed by atoms with Crippen LogP contribution in [-0.2, 0) is 14.2 Å². The fraction of sp³-hybridized carbons (Fsp3) is 0.633. The highest BCUT2D eigenvalue weighted by Crippen LogP contribution is 2.32. The van der Waals surface area contributed by atoms with Crippen molar-refractivity contribution in [2.75, 3.05) is 52.4 Å². The Morgan fingerprint density at radius 3 is 2.62 bits per heavy atom. The van der Waals surface area contributed by atoms with E-state index in [1.807, 2.05) is 4.90 Å². The van der Waals surface area contributed by atoms with Crippen molar-refractivity contribution in [3.8, 4) is 5.75 Å². The number of benzene rings is 1. The average Bonchev–Trinajstić information content (AvgIpc) is 3.00. The Kier molecular flexibility index (Phi) is 9.85. The van der Waals surface area contributed by atoms with Crippen LogP contribution in [0.1, 0.15) is 66.2 Å². The van der Waals surface area contributed by atoms with E-state index in [0.717, 1.165) is 45.1 Å². The number of hydrogen-bond donors (Lipinski definition) is 2. The maximum Gasteiger partial charge on any atom is 0.276 e. The number of carbonyl (C=O) groups excluding carboxylic acids is 1. The number of piperidine rings is 1. The molecule has 40 heavy (non-hydrogen) atoms. The van der Waals surface area contributed by atoms with E-state index in [1.165, 1.54) is 17.5 Å². The molecule has 2 N–H and O–H groups in total. The predicted octanol–water partition coefficient (Wildman–Crippen LogP) is 3.51. The highest BCUT2D eigenvalue weighted by atomic mass is 16.5. The second kappa shape index (κ2) is 13.7. The number of methoxy groups -OCH3 is 2. The number of hydrogen-bond acceptors (Lipinski definition) is 9. The van der Waals surface area contributed by atoms with E-state index in [9.17, 15) is 4.79 Å². The van der Waals surface area contributed by atoms with E-state index >= 15 is 0 Å². The summed E-state index contributed by atoms with van der Waals surface area (Å²) in [6.07, 6.45) is 7.40. The van der Waals surface area contributed by atoms with Gasteiger partial charge in [-0.05, 0) is 51.0 Å². The van der Waals surface area contributed by atoms with Crippen LogP contribution in [-0.4, -0.2) is 92.1 Å². The van der Waals surface area contributed by atoms with Crippen LogP contribution in [0.2, 0.25) is 0 Å². The topological polar surface area (TPSA) is 107 Å². The molecule has 3 aliphatic rings. The lowest BCUT2D eigenvalue weighted by Gasteiger charge is -2.38. The number of nitrogens with one attached hydrogen (secondary N) is 2. The minimum Gasteiger partial charge on any atom is -0.491 e. The number of rotatable bonds is 9. The number of amides is 1. The molecule has 218 valence electrons. The third kappa shape index (κ3) is 6.91. The van der Waals surface area contributed by atoms with Crippen molar-refractivity contribution in [1.82, 2.24) is 20.2 Å². The summed E-state index contributed by atoms with van der Waals surface area (Å²) in [6, 6.07) is 9.19. The first-order valence-corrected chi connectivity index (χ1v) is 14.6. The van der Waals surface area contributed by atoms with Gasteiger partial charge in [0.2, 0.25) is 0 Å². The molecule has 1 amide bonds. The van der Waals surface area contributed by atoms with Gasteiger partial charge in [0.25, 0.3) is 5.91 Å². The van der Waals surface area contributed by atoms with Gasteiger partial charge in [0, 0.05) is 45.4 Å². The third-order valence-electron chi connectivity index (χ3n) is 8.34. The highest BCUT2D eigenvalue weighted by Gasteiger charge is 2.32. The van der Waals surface area contributed by atoms with Crippen molar-refractivity contribution in [3.63, 3.8) is 0 Å². The van der Waals surface area contributed by atoms with Crippen LogP contribution in [0.5, 0.6) is 5.75 Å². The van der Waals surface area contributed by atoms with Gasteiger partial charge in [-0.25, -0.2) is 9.97 Å². The fourth-order valence-electron chi connectivity index (χ4n) is 5.97. The van der Waals surface area contributed by atoms with Crippen molar-refractivity contribution in [1.29, 1.82) is 0 Å². The monoisotopic (exact) mass is 553 g/mol. The lowest BCUT2D eigenvalue weighted by atomic mass is 9.97. The van der Waals surface area contributed by atoms with Gasteiger partial charge < -0.3 is 34.5 Å². The first-order chi connectivity index (χ1) is 19.6. The Balaban J connectivity index is 1.16. The molecule has 4 atom stereocenters. The molecule has 3 aliphatic heterocycles. The lowest BCUT2D eigenvalue weighted by molar-refractivity contribution is -0.0533. The van der Waals surface area contributed by atoms with Gasteiger partial charge in [0.15, 0.2) is 17.3 Å². The van der Waals surface area contributed by atoms with Gasteiger partial charge in [0.1, 0.15) is 6.33 Å². The summed E-state index contributed by atoms with van der Waals surface area (Å²) >= 11 is 0. The average molecular weight is 554 g/mol. The zero-order valence-electron chi connectivity index (χ0n) is 23.9. The van der Waals surface area contributed by atoms with Crippen LogP contribution in [0, 0.1) is 6.92 Å². The number of anilines is 1. The first-order valence-electron chi connectivity index (χ1n) is 14.6. The second-order valence-electron chi connectivity index (χ2n) is 11.1. The molecule has 0 saturated carbocycles. The molecular weight excluding hydrogens is 510 g/mol. The maximum atomic E-state index is 13.5. The molecule has 4 heterocycles. The van der Waals surface area contributed by atoms with Crippen LogP contribution >= 0.6 is 0 Å². The number of carbonyl (C=O) groups is 1. The maximum absolute atomic E-state index is 13.5. The Labute approximate surface area is 237 Å². The summed E-state index contributed by atoms with van der Waals surface area (Å²) in [5.74, 6) is 0.766. The second-order valence-corrected chi connectivity index (χ2v) is 11.1. The third-order valence-corrected chi connectivity index (χ3v) is 8.34. The number of aryl methyl sites for hydroxylation is 1. The Bertz CT molecular complexity index is 1110. The normalized spacial score (nSPS) is 25.9. The van der Waals surface area contributed by atoms with Gasteiger partial charge in [0.05, 0.1) is 32.0 Å². The standard InChI is InChI=1S/C30H43N5O5/c1-20-7-9-21(10-8-20)25-6-4-5-23(40-25)17-31-29-28(38-3)27(32-19-33-29)30(36)35-14-11-22(12-15-35)34-24-13-16-39-18-26(24)37-2/h7-10,19,22-26,34H,4-6,11-18H2,1-3H3,(H,31,32,33)/t23-,24-,25+,26+/m1/s1. The Morgan fingerprint density at radius 1 is 1.07 bits per heavy atom. The SMILES string of the molecule is COc1c(NC[C@H]2CCC[C@@H](c3ccc(C)cc3)O2)ncnc1C(=O)N1CCC(N[C@@H]2CCOC[C@@H]2OC)CC1. The van der Waals surface area contributed by atoms with E-state index in [-0.39, 0.29) is 36.0 Å². The summed E-state index contributed by atoms with van der Waals surface area (Å²) in [5, 5.41) is 7.11. The lowest BCUT2D eigenvalue weighted by Crippen LogP contribution is -2.54. The summed E-state index contributed by atoms with van der Waals surface area (Å²) < 4.78 is 23.2. The first kappa shape index (κ1) is 28.7. The Hall–Kier alpha value is -2.79. The van der Waals surface area contributed by atoms with Crippen LogP contribution in [0.4, 0.5) is 5.82 Å². The van der Waals surface area contributed by atoms with Gasteiger partial charge >= 0.3 is 0 Å². The van der Waals surface area contributed by atoms with Gasteiger partial charge in [-0.3, -0.25) is 4.79 Å². The quantitative estimate of drug-likeness (QED) is 0.482. The van der Waals surface area contributed by atoms with Crippen LogP contribution < -0.4 is 15.4 Å². The van der Waals surface area contributed by atoms with E-state index in [4.69, 9.17) is 18.9 Å². The largest absolute Gasteiger partial charge is 0.491 e. The number of ether oxygens (including phenoxy) is 4. The molecule has 0 aliphatic carbocycles. The van der Waals surface area contributed by atoms with Crippen LogP contribution in [0.3, 0.4) is 0 Å². The zero-order valence-corrected chi connectivity index (χ0v) is 23.9. The number of nitrogens with zero attached hydrogens (tertiary/aromatic N) is 3. The molecule has 0 bridgehead atoms. The fourth-order valence-corrected chi connectivity index (χ4v) is 5.97. The smallest absolute Gasteiger partial charge is 0.276 e. The van der Waals surface area contributed by atoms with Crippen LogP contribution in [0.15, 0.2) is 30.6 Å². The molecule has 0 unspecified atom stereocenters. The summed E-state index contributed by atoms with van der Waals surface area (Å²) in [4.78, 5) is 24.1. The van der Waals surface area contributed by atoms with Crippen molar-refractivity contribution < 1.29 is 23.7 Å². The van der Waals surface area contributed by atoms with Crippen LogP contribution in [0.25, 0.3) is 0 Å². The molecule has 3 saturated heterocycles. The number of aromatic nitrogens is 2. The summed E-state index contributed by atoms with van der Waals surface area (Å²) in [6.45, 7) is 5.36. The summed E-state index contributed by atoms with van der Waals surface area (Å²) in [7, 11) is 3.29. The Morgan fingerprint density at radius 2 is 1.88 bits per heavy atom. The molecular formula is C30H43N5O5. The van der Waals surface area contributed by atoms with Crippen molar-refractivity contribution in [3.05, 3.63) is 47.4 Å². The van der Waals surface area contributed by atoms with Gasteiger partial charge in [-0.15, -0.1) is 0 Å². The van der Waals surface area contributed by atoms with Crippen molar-refractivity contribution >= 4 is 11.7 Å². The molecule has 0 radical (unpaired) electrons. The minimum atomic E-state index is -0.130. The molecule has 1 aromatic carbocycles.